The van der Waals surface area contributed by atoms with E-state index in [1.165, 1.54) is 20.2 Å². The molecule has 0 fully saturated rings. The average Bonchev–Trinajstić information content (AvgIpc) is 3.78. The zero-order chi connectivity index (χ0) is 33.0. The molecule has 4 heterocycles. The van der Waals surface area contributed by atoms with Gasteiger partial charge in [0.05, 0.1) is 17.1 Å². The van der Waals surface area contributed by atoms with Crippen LogP contribution < -0.4 is 0 Å². The summed E-state index contributed by atoms with van der Waals surface area (Å²) in [6.07, 6.45) is 1.82. The second kappa shape index (κ2) is 11.6. The van der Waals surface area contributed by atoms with Crippen molar-refractivity contribution in [1.82, 2.24) is 15.0 Å². The Morgan fingerprint density at radius 2 is 1.14 bits per heavy atom. The van der Waals surface area contributed by atoms with Crippen LogP contribution in [0.25, 0.3) is 98.4 Å². The number of pyridine rings is 1. The third-order valence-electron chi connectivity index (χ3n) is 9.38. The molecule has 0 aliphatic carbocycles. The van der Waals surface area contributed by atoms with E-state index in [-0.39, 0.29) is 0 Å². The minimum absolute atomic E-state index is 0.646. The van der Waals surface area contributed by atoms with Crippen molar-refractivity contribution in [3.8, 4) is 56.3 Å². The van der Waals surface area contributed by atoms with E-state index >= 15 is 0 Å². The van der Waals surface area contributed by atoms with E-state index in [1.54, 1.807) is 0 Å². The number of benzene rings is 6. The van der Waals surface area contributed by atoms with Crippen molar-refractivity contribution in [1.29, 1.82) is 0 Å². The van der Waals surface area contributed by atoms with Gasteiger partial charge in [-0.05, 0) is 48.5 Å². The van der Waals surface area contributed by atoms with Crippen LogP contribution in [-0.2, 0) is 0 Å². The molecule has 10 rings (SSSR count). The van der Waals surface area contributed by atoms with E-state index in [4.69, 9.17) is 14.4 Å². The summed E-state index contributed by atoms with van der Waals surface area (Å²) in [5, 5.41) is 4.58. The van der Waals surface area contributed by atoms with Crippen molar-refractivity contribution in [3.05, 3.63) is 164 Å². The fourth-order valence-electron chi connectivity index (χ4n) is 7.03. The fourth-order valence-corrected chi connectivity index (χ4v) is 8.26. The first-order chi connectivity index (χ1) is 24.8. The van der Waals surface area contributed by atoms with Crippen molar-refractivity contribution in [2.45, 2.75) is 0 Å². The molecule has 0 amide bonds. The van der Waals surface area contributed by atoms with Crippen LogP contribution in [0, 0.1) is 0 Å². The lowest BCUT2D eigenvalue weighted by Crippen LogP contribution is -1.97. The van der Waals surface area contributed by atoms with Gasteiger partial charge in [-0.15, -0.1) is 11.3 Å². The first-order valence-electron chi connectivity index (χ1n) is 16.6. The van der Waals surface area contributed by atoms with Gasteiger partial charge < -0.3 is 4.42 Å². The second-order valence-electron chi connectivity index (χ2n) is 12.4. The number of rotatable bonds is 5. The van der Waals surface area contributed by atoms with E-state index < -0.39 is 0 Å². The molecule has 10 aromatic rings. The molecule has 50 heavy (non-hydrogen) atoms. The molecule has 234 valence electrons. The first-order valence-corrected chi connectivity index (χ1v) is 17.4. The number of furan rings is 1. The third kappa shape index (κ3) is 4.71. The molecular weight excluding hydrogens is 631 g/mol. The van der Waals surface area contributed by atoms with E-state index in [0.29, 0.717) is 5.82 Å². The molecule has 0 radical (unpaired) electrons. The molecule has 0 saturated carbocycles. The van der Waals surface area contributed by atoms with Gasteiger partial charge in [-0.25, -0.2) is 9.97 Å². The second-order valence-corrected chi connectivity index (χ2v) is 13.4. The predicted molar refractivity (Wildman–Crippen MR) is 207 cm³/mol. The third-order valence-corrected chi connectivity index (χ3v) is 10.6. The van der Waals surface area contributed by atoms with Crippen molar-refractivity contribution < 1.29 is 4.42 Å². The number of hydrogen-bond donors (Lipinski definition) is 0. The van der Waals surface area contributed by atoms with Crippen molar-refractivity contribution in [2.24, 2.45) is 0 Å². The lowest BCUT2D eigenvalue weighted by molar-refractivity contribution is 0.670. The molecule has 4 nitrogen and oxygen atoms in total. The SMILES string of the molecule is c1ccc(-c2cc(-c3cccc(-c4ccccn4)c3)nc(-c3ccc(-c4cccc5c4sc4ccccc45)c4oc5ccccc5c34)n2)cc1. The van der Waals surface area contributed by atoms with Gasteiger partial charge in [0.2, 0.25) is 0 Å². The van der Waals surface area contributed by atoms with Gasteiger partial charge in [0, 0.05) is 70.5 Å². The van der Waals surface area contributed by atoms with E-state index in [9.17, 15) is 0 Å². The van der Waals surface area contributed by atoms with Crippen LogP contribution in [0.15, 0.2) is 168 Å². The van der Waals surface area contributed by atoms with Crippen LogP contribution in [0.1, 0.15) is 0 Å². The summed E-state index contributed by atoms with van der Waals surface area (Å²) >= 11 is 1.83. The maximum atomic E-state index is 6.76. The molecule has 6 aromatic carbocycles. The van der Waals surface area contributed by atoms with Crippen LogP contribution in [0.4, 0.5) is 0 Å². The summed E-state index contributed by atoms with van der Waals surface area (Å²) in [6, 6.07) is 54.6. The Hall–Kier alpha value is -6.43. The number of thiophene rings is 1. The summed E-state index contributed by atoms with van der Waals surface area (Å²) in [5.74, 6) is 0.646. The average molecular weight is 658 g/mol. The van der Waals surface area contributed by atoms with Crippen LogP contribution in [-0.4, -0.2) is 15.0 Å². The molecule has 0 aliphatic rings. The van der Waals surface area contributed by atoms with Gasteiger partial charge in [0.25, 0.3) is 0 Å². The molecule has 0 N–H and O–H groups in total. The van der Waals surface area contributed by atoms with Crippen LogP contribution in [0.2, 0.25) is 0 Å². The fraction of sp³-hybridized carbons (Fsp3) is 0. The minimum atomic E-state index is 0.646. The van der Waals surface area contributed by atoms with E-state index in [0.717, 1.165) is 72.4 Å². The Morgan fingerprint density at radius 3 is 2.00 bits per heavy atom. The van der Waals surface area contributed by atoms with Crippen molar-refractivity contribution in [3.63, 3.8) is 0 Å². The van der Waals surface area contributed by atoms with Gasteiger partial charge in [-0.3, -0.25) is 4.98 Å². The van der Waals surface area contributed by atoms with Gasteiger partial charge in [-0.2, -0.15) is 0 Å². The zero-order valence-corrected chi connectivity index (χ0v) is 27.6. The zero-order valence-electron chi connectivity index (χ0n) is 26.7. The van der Waals surface area contributed by atoms with Gasteiger partial charge in [0.1, 0.15) is 11.2 Å². The summed E-state index contributed by atoms with van der Waals surface area (Å²) in [6.45, 7) is 0. The summed E-state index contributed by atoms with van der Waals surface area (Å²) in [4.78, 5) is 15.1. The Bertz CT molecular complexity index is 2870. The lowest BCUT2D eigenvalue weighted by atomic mass is 9.96. The molecule has 0 saturated heterocycles. The Morgan fingerprint density at radius 1 is 0.460 bits per heavy atom. The van der Waals surface area contributed by atoms with Crippen molar-refractivity contribution in [2.75, 3.05) is 0 Å². The minimum Gasteiger partial charge on any atom is -0.455 e. The Balaban J connectivity index is 1.23. The van der Waals surface area contributed by atoms with Crippen LogP contribution in [0.5, 0.6) is 0 Å². The first kappa shape index (κ1) is 28.6. The number of fused-ring (bicyclic) bond motifs is 6. The molecule has 0 bridgehead atoms. The molecule has 5 heteroatoms. The molecule has 0 aliphatic heterocycles. The highest BCUT2D eigenvalue weighted by atomic mass is 32.1. The summed E-state index contributed by atoms with van der Waals surface area (Å²) in [5.41, 5.74) is 10.5. The number of para-hydroxylation sites is 1. The smallest absolute Gasteiger partial charge is 0.161 e. The van der Waals surface area contributed by atoms with Crippen LogP contribution in [0.3, 0.4) is 0 Å². The Kier molecular flexibility index (Phi) is 6.64. The molecule has 0 spiro atoms. The van der Waals surface area contributed by atoms with Gasteiger partial charge in [0.15, 0.2) is 5.82 Å². The predicted octanol–water partition coefficient (Wildman–Crippen LogP) is 12.5. The standard InChI is InChI=1S/C45H27N3OS/c1-2-12-28(13-3-1)38-27-39(30-15-10-14-29(26-30)37-20-8-9-25-46-37)48-45(47-38)36-24-23-32(43-42(36)35-17-4-6-21-40(35)49-43)34-19-11-18-33-31-16-5-7-22-41(31)50-44(33)34/h1-27H. The molecule has 4 aromatic heterocycles. The number of hydrogen-bond acceptors (Lipinski definition) is 5. The van der Waals surface area contributed by atoms with Crippen molar-refractivity contribution >= 4 is 53.4 Å². The van der Waals surface area contributed by atoms with E-state index in [1.807, 2.05) is 66.1 Å². The molecule has 0 unspecified atom stereocenters. The van der Waals surface area contributed by atoms with Gasteiger partial charge >= 0.3 is 0 Å². The summed E-state index contributed by atoms with van der Waals surface area (Å²) < 4.78 is 9.29. The Labute approximate surface area is 292 Å². The molecule has 0 atom stereocenters. The quantitative estimate of drug-likeness (QED) is 0.185. The van der Waals surface area contributed by atoms with E-state index in [2.05, 4.69) is 114 Å². The van der Waals surface area contributed by atoms with Crippen LogP contribution >= 0.6 is 11.3 Å². The number of nitrogens with zero attached hydrogens (tertiary/aromatic N) is 3. The summed E-state index contributed by atoms with van der Waals surface area (Å²) in [7, 11) is 0. The number of aromatic nitrogens is 3. The lowest BCUT2D eigenvalue weighted by Gasteiger charge is -2.12. The van der Waals surface area contributed by atoms with Gasteiger partial charge in [-0.1, -0.05) is 109 Å². The largest absolute Gasteiger partial charge is 0.455 e. The highest BCUT2D eigenvalue weighted by Gasteiger charge is 2.22. The highest BCUT2D eigenvalue weighted by Crippen LogP contribution is 2.46. The monoisotopic (exact) mass is 657 g/mol. The maximum absolute atomic E-state index is 6.76. The maximum Gasteiger partial charge on any atom is 0.161 e. The topological polar surface area (TPSA) is 51.8 Å². The molecular formula is C45H27N3OS. The highest BCUT2D eigenvalue weighted by molar-refractivity contribution is 7.26. The normalized spacial score (nSPS) is 11.6.